The molecule has 1 saturated heterocycles. The molecule has 2 bridgehead atoms. The molecule has 0 unspecified atom stereocenters. The van der Waals surface area contributed by atoms with Crippen LogP contribution in [0, 0.1) is 11.3 Å². The van der Waals surface area contributed by atoms with Crippen molar-refractivity contribution < 1.29 is 19.7 Å². The first-order valence-electron chi connectivity index (χ1n) is 12.0. The number of rotatable bonds is 6. The van der Waals surface area contributed by atoms with Crippen molar-refractivity contribution in [2.24, 2.45) is 0 Å². The number of nitrogens with zero attached hydrogens (tertiary/aromatic N) is 2. The third kappa shape index (κ3) is 3.22. The smallest absolute Gasteiger partial charge is 0.205 e. The van der Waals surface area contributed by atoms with Gasteiger partial charge in [-0.15, -0.1) is 11.8 Å². The third-order valence-electron chi connectivity index (χ3n) is 7.63. The van der Waals surface area contributed by atoms with E-state index in [1.807, 2.05) is 55.5 Å². The number of aromatic hydroxyl groups is 2. The van der Waals surface area contributed by atoms with E-state index in [0.717, 1.165) is 40.0 Å². The third-order valence-corrected chi connectivity index (χ3v) is 8.64. The molecule has 0 saturated carbocycles. The molecule has 0 radical (unpaired) electrons. The Kier molecular flexibility index (Phi) is 5.22. The Morgan fingerprint density at radius 1 is 1.00 bits per heavy atom. The Hall–Kier alpha value is -3.60. The maximum atomic E-state index is 11.6. The van der Waals surface area contributed by atoms with Crippen molar-refractivity contribution in [2.45, 2.75) is 42.3 Å². The van der Waals surface area contributed by atoms with Gasteiger partial charge in [0.2, 0.25) is 11.8 Å². The van der Waals surface area contributed by atoms with Crippen LogP contribution < -0.4 is 4.74 Å². The van der Waals surface area contributed by atoms with Crippen molar-refractivity contribution in [3.8, 4) is 29.3 Å². The molecule has 36 heavy (non-hydrogen) atoms. The molecule has 2 atom stereocenters. The van der Waals surface area contributed by atoms with Crippen molar-refractivity contribution in [1.29, 1.82) is 5.26 Å². The van der Waals surface area contributed by atoms with E-state index in [4.69, 9.17) is 9.47 Å². The Balaban J connectivity index is 1.40. The Labute approximate surface area is 213 Å². The Bertz CT molecular complexity index is 1540. The minimum atomic E-state index is -0.657. The number of aromatic nitrogens is 1. The summed E-state index contributed by atoms with van der Waals surface area (Å²) in [7, 11) is 1.65. The van der Waals surface area contributed by atoms with Crippen LogP contribution in [-0.2, 0) is 15.9 Å². The summed E-state index contributed by atoms with van der Waals surface area (Å²) in [4.78, 5) is 1.14. The highest BCUT2D eigenvalue weighted by molar-refractivity contribution is 7.99. The predicted octanol–water partition coefficient (Wildman–Crippen LogP) is 6.34. The van der Waals surface area contributed by atoms with E-state index in [1.54, 1.807) is 31.0 Å². The number of thioether (sulfide) groups is 1. The van der Waals surface area contributed by atoms with Crippen LogP contribution >= 0.6 is 11.8 Å². The zero-order valence-electron chi connectivity index (χ0n) is 20.1. The summed E-state index contributed by atoms with van der Waals surface area (Å²) in [6.45, 7) is 2.00. The molecule has 4 aromatic rings. The summed E-state index contributed by atoms with van der Waals surface area (Å²) in [6, 6.07) is 21.3. The summed E-state index contributed by atoms with van der Waals surface area (Å²) in [6.07, 6.45) is 2.26. The first kappa shape index (κ1) is 22.8. The number of nitriles is 1. The summed E-state index contributed by atoms with van der Waals surface area (Å²) in [5.74, 6) is 1.64. The molecule has 1 fully saturated rings. The van der Waals surface area contributed by atoms with Gasteiger partial charge in [0.05, 0.1) is 41.2 Å². The van der Waals surface area contributed by atoms with Gasteiger partial charge in [-0.25, -0.2) is 0 Å². The minimum absolute atomic E-state index is 0.00393. The van der Waals surface area contributed by atoms with Crippen molar-refractivity contribution in [2.75, 3.05) is 12.9 Å². The summed E-state index contributed by atoms with van der Waals surface area (Å²) in [5.41, 5.74) is 1.25. The first-order chi connectivity index (χ1) is 17.4. The molecule has 1 aromatic heterocycles. The molecule has 3 heterocycles. The lowest BCUT2D eigenvalue weighted by Crippen LogP contribution is -2.23. The molecule has 0 spiro atoms. The van der Waals surface area contributed by atoms with Crippen LogP contribution in [0.2, 0.25) is 0 Å². The molecular formula is C29H26N2O4S. The average Bonchev–Trinajstić information content (AvgIpc) is 3.48. The molecule has 2 N–H and O–H groups in total. The van der Waals surface area contributed by atoms with E-state index >= 15 is 0 Å². The highest BCUT2D eigenvalue weighted by atomic mass is 32.2. The van der Waals surface area contributed by atoms with Gasteiger partial charge in [0, 0.05) is 21.4 Å². The van der Waals surface area contributed by atoms with Crippen LogP contribution in [-0.4, -0.2) is 27.6 Å². The van der Waals surface area contributed by atoms with Crippen LogP contribution in [0.4, 0.5) is 0 Å². The molecule has 6 rings (SSSR count). The number of benzene rings is 3. The van der Waals surface area contributed by atoms with E-state index in [-0.39, 0.29) is 11.8 Å². The fourth-order valence-corrected chi connectivity index (χ4v) is 6.91. The zero-order chi connectivity index (χ0) is 25.1. The normalized spacial score (nSPS) is 22.0. The van der Waals surface area contributed by atoms with Gasteiger partial charge in [-0.3, -0.25) is 4.57 Å². The maximum absolute atomic E-state index is 11.6. The summed E-state index contributed by atoms with van der Waals surface area (Å²) < 4.78 is 13.4. The molecule has 0 amide bonds. The number of fused-ring (bicyclic) bond motifs is 6. The van der Waals surface area contributed by atoms with Crippen molar-refractivity contribution in [3.05, 3.63) is 77.4 Å². The second kappa shape index (κ2) is 8.22. The van der Waals surface area contributed by atoms with Crippen molar-refractivity contribution in [3.63, 3.8) is 0 Å². The van der Waals surface area contributed by atoms with Gasteiger partial charge in [0.25, 0.3) is 0 Å². The topological polar surface area (TPSA) is 87.6 Å². The Morgan fingerprint density at radius 2 is 1.72 bits per heavy atom. The number of methoxy groups -OCH3 is 1. The molecule has 2 aliphatic heterocycles. The van der Waals surface area contributed by atoms with Gasteiger partial charge in [-0.05, 0) is 62.6 Å². The van der Waals surface area contributed by atoms with E-state index in [2.05, 4.69) is 6.07 Å². The van der Waals surface area contributed by atoms with Crippen molar-refractivity contribution in [1.82, 2.24) is 4.57 Å². The number of ether oxygens (including phenoxy) is 2. The highest BCUT2D eigenvalue weighted by Gasteiger charge is 2.61. The molecule has 6 nitrogen and oxygen atoms in total. The molecular weight excluding hydrogens is 472 g/mol. The molecule has 182 valence electrons. The van der Waals surface area contributed by atoms with Crippen LogP contribution in [0.5, 0.6) is 17.5 Å². The lowest BCUT2D eigenvalue weighted by molar-refractivity contribution is -0.0803. The quantitative estimate of drug-likeness (QED) is 0.302. The van der Waals surface area contributed by atoms with Gasteiger partial charge in [0.15, 0.2) is 0 Å². The van der Waals surface area contributed by atoms with Crippen LogP contribution in [0.3, 0.4) is 0 Å². The van der Waals surface area contributed by atoms with Crippen molar-refractivity contribution >= 4 is 22.5 Å². The van der Waals surface area contributed by atoms with Gasteiger partial charge >= 0.3 is 0 Å². The van der Waals surface area contributed by atoms with E-state index < -0.39 is 11.2 Å². The fraction of sp³-hybridized carbons (Fsp3) is 0.276. The van der Waals surface area contributed by atoms with Gasteiger partial charge in [0.1, 0.15) is 11.4 Å². The standard InChI is InChI=1S/C29H26N2O4S/c1-28-13-14-29(35-28,15-16-36-20-10-8-19(34-2)9-11-20)25-24(28)26(32)31(27(25)33)23-12-7-18(17-30)21-5-3-4-6-22(21)23/h3-12,32-33H,13-16H2,1-2H3/t28-,29-/m1/s1. The molecule has 7 heteroatoms. The average molecular weight is 499 g/mol. The lowest BCUT2D eigenvalue weighted by atomic mass is 9.78. The monoisotopic (exact) mass is 498 g/mol. The number of hydrogen-bond acceptors (Lipinski definition) is 6. The van der Waals surface area contributed by atoms with Crippen LogP contribution in [0.25, 0.3) is 16.5 Å². The van der Waals surface area contributed by atoms with E-state index in [0.29, 0.717) is 28.8 Å². The van der Waals surface area contributed by atoms with Gasteiger partial charge in [-0.1, -0.05) is 24.3 Å². The molecule has 3 aromatic carbocycles. The first-order valence-corrected chi connectivity index (χ1v) is 13.0. The largest absolute Gasteiger partial charge is 0.497 e. The Morgan fingerprint density at radius 3 is 2.44 bits per heavy atom. The number of hydrogen-bond donors (Lipinski definition) is 2. The second-order valence-corrected chi connectivity index (χ2v) is 10.8. The SMILES string of the molecule is COc1ccc(SCC[C@@]23CC[C@@](C)(O2)c2c3c(O)n(-c3ccc(C#N)c4ccccc34)c2O)cc1. The predicted molar refractivity (Wildman–Crippen MR) is 139 cm³/mol. The maximum Gasteiger partial charge on any atom is 0.205 e. The van der Waals surface area contributed by atoms with E-state index in [9.17, 15) is 15.5 Å². The highest BCUT2D eigenvalue weighted by Crippen LogP contribution is 2.65. The lowest BCUT2D eigenvalue weighted by Gasteiger charge is -2.26. The fourth-order valence-electron chi connectivity index (χ4n) is 5.92. The second-order valence-electron chi connectivity index (χ2n) is 9.62. The summed E-state index contributed by atoms with van der Waals surface area (Å²) in [5, 5.41) is 34.2. The van der Waals surface area contributed by atoms with Gasteiger partial charge in [-0.2, -0.15) is 5.26 Å². The van der Waals surface area contributed by atoms with Crippen LogP contribution in [0.1, 0.15) is 42.9 Å². The summed E-state index contributed by atoms with van der Waals surface area (Å²) >= 11 is 1.73. The zero-order valence-corrected chi connectivity index (χ0v) is 20.9. The van der Waals surface area contributed by atoms with Crippen LogP contribution in [0.15, 0.2) is 65.6 Å². The van der Waals surface area contributed by atoms with Gasteiger partial charge < -0.3 is 19.7 Å². The van der Waals surface area contributed by atoms with E-state index in [1.165, 1.54) is 4.57 Å². The molecule has 0 aliphatic carbocycles. The molecule has 2 aliphatic rings. The minimum Gasteiger partial charge on any atom is -0.497 e.